The number of fused-ring (bicyclic) bond motifs is 5. The van der Waals surface area contributed by atoms with Crippen LogP contribution in [0, 0.1) is 12.3 Å². The molecule has 2 heterocycles. The van der Waals surface area contributed by atoms with Crippen molar-refractivity contribution in [2.45, 2.75) is 24.9 Å². The third-order valence-corrected chi connectivity index (χ3v) is 8.45. The zero-order valence-electron chi connectivity index (χ0n) is 20.9. The monoisotopic (exact) mass is 495 g/mol. The Bertz CT molecular complexity index is 1620. The summed E-state index contributed by atoms with van der Waals surface area (Å²) >= 11 is 0. The number of anilines is 1. The number of hydrogen-bond acceptors (Lipinski definition) is 4. The van der Waals surface area contributed by atoms with E-state index in [1.807, 2.05) is 91.9 Å². The standard InChI is InChI=1S/C34H25NO3/c1-21-16-17-22-18-19-28-34(32(37)25-14-8-9-15-26(25)33(34)38)29(23-10-4-2-5-11-23)30(35(28)27(22)20-21)31(36)24-12-6-3-7-13-24/h2-20,28-30H,1H3/t28-,29+,30-/m1/s1. The van der Waals surface area contributed by atoms with Gasteiger partial charge in [0, 0.05) is 28.3 Å². The quantitative estimate of drug-likeness (QED) is 0.247. The van der Waals surface area contributed by atoms with Crippen molar-refractivity contribution in [3.8, 4) is 0 Å². The SMILES string of the molecule is Cc1ccc2c(c1)N1[C@@H](C(=O)c3ccccc3)[C@H](c3ccccc3)C3(C(=O)c4ccccc4C3=O)[C@H]1C=C2. The molecule has 0 bridgehead atoms. The van der Waals surface area contributed by atoms with Crippen LogP contribution in [-0.4, -0.2) is 29.4 Å². The highest BCUT2D eigenvalue weighted by molar-refractivity contribution is 6.32. The fourth-order valence-electron chi connectivity index (χ4n) is 6.88. The first-order chi connectivity index (χ1) is 18.5. The van der Waals surface area contributed by atoms with Crippen LogP contribution < -0.4 is 4.90 Å². The van der Waals surface area contributed by atoms with Gasteiger partial charge in [0.15, 0.2) is 17.3 Å². The molecule has 0 aromatic heterocycles. The van der Waals surface area contributed by atoms with Gasteiger partial charge in [-0.15, -0.1) is 0 Å². The molecule has 2 aliphatic heterocycles. The average molecular weight is 496 g/mol. The third kappa shape index (κ3) is 2.89. The molecule has 1 aliphatic carbocycles. The normalized spacial score (nSPS) is 22.3. The number of carbonyl (C=O) groups excluding carboxylic acids is 3. The molecule has 4 heteroatoms. The molecule has 4 nitrogen and oxygen atoms in total. The van der Waals surface area contributed by atoms with Gasteiger partial charge in [0.1, 0.15) is 11.5 Å². The minimum atomic E-state index is -1.46. The lowest BCUT2D eigenvalue weighted by atomic mass is 9.64. The first-order valence-corrected chi connectivity index (χ1v) is 12.9. The fraction of sp³-hybridized carbons (Fsp3) is 0.147. The highest BCUT2D eigenvalue weighted by Crippen LogP contribution is 2.61. The van der Waals surface area contributed by atoms with Crippen molar-refractivity contribution >= 4 is 29.1 Å². The highest BCUT2D eigenvalue weighted by Gasteiger charge is 2.71. The minimum Gasteiger partial charge on any atom is -0.352 e. The first kappa shape index (κ1) is 22.6. The maximum atomic E-state index is 14.6. The van der Waals surface area contributed by atoms with Crippen LogP contribution in [0.1, 0.15) is 53.7 Å². The molecule has 38 heavy (non-hydrogen) atoms. The van der Waals surface area contributed by atoms with Crippen molar-refractivity contribution in [2.24, 2.45) is 5.41 Å². The van der Waals surface area contributed by atoms with Gasteiger partial charge in [-0.25, -0.2) is 0 Å². The van der Waals surface area contributed by atoms with Gasteiger partial charge in [0.05, 0.1) is 6.04 Å². The smallest absolute Gasteiger partial charge is 0.185 e. The van der Waals surface area contributed by atoms with Gasteiger partial charge in [0.2, 0.25) is 0 Å². The Morgan fingerprint density at radius 1 is 0.763 bits per heavy atom. The van der Waals surface area contributed by atoms with Crippen molar-refractivity contribution in [2.75, 3.05) is 4.90 Å². The second-order valence-electron chi connectivity index (χ2n) is 10.4. The van der Waals surface area contributed by atoms with E-state index in [0.717, 1.165) is 22.4 Å². The number of benzene rings is 4. The molecule has 0 saturated carbocycles. The molecule has 4 aromatic carbocycles. The van der Waals surface area contributed by atoms with Crippen molar-refractivity contribution in [3.63, 3.8) is 0 Å². The summed E-state index contributed by atoms with van der Waals surface area (Å²) in [6.45, 7) is 2.02. The molecule has 1 spiro atoms. The molecule has 184 valence electrons. The first-order valence-electron chi connectivity index (χ1n) is 12.9. The van der Waals surface area contributed by atoms with E-state index in [-0.39, 0.29) is 17.3 Å². The lowest BCUT2D eigenvalue weighted by Gasteiger charge is -2.37. The number of aryl methyl sites for hydroxylation is 1. The molecule has 1 fully saturated rings. The van der Waals surface area contributed by atoms with E-state index in [0.29, 0.717) is 16.7 Å². The Kier molecular flexibility index (Phi) is 4.89. The molecule has 0 amide bonds. The van der Waals surface area contributed by atoms with E-state index < -0.39 is 23.4 Å². The Morgan fingerprint density at radius 2 is 1.37 bits per heavy atom. The highest BCUT2D eigenvalue weighted by atomic mass is 16.2. The van der Waals surface area contributed by atoms with Gasteiger partial charge in [-0.3, -0.25) is 14.4 Å². The number of Topliss-reactive ketones (excluding diaryl/α,β-unsaturated/α-hetero) is 3. The van der Waals surface area contributed by atoms with Crippen molar-refractivity contribution in [1.82, 2.24) is 0 Å². The van der Waals surface area contributed by atoms with Crippen LogP contribution in [0.3, 0.4) is 0 Å². The Labute approximate surface area is 221 Å². The van der Waals surface area contributed by atoms with Gasteiger partial charge in [-0.2, -0.15) is 0 Å². The van der Waals surface area contributed by atoms with Crippen molar-refractivity contribution < 1.29 is 14.4 Å². The van der Waals surface area contributed by atoms with E-state index in [1.165, 1.54) is 0 Å². The number of rotatable bonds is 3. The molecule has 0 unspecified atom stereocenters. The van der Waals surface area contributed by atoms with Gasteiger partial charge < -0.3 is 4.90 Å². The summed E-state index contributed by atoms with van der Waals surface area (Å²) in [5.74, 6) is -1.18. The number of nitrogens with zero attached hydrogens (tertiary/aromatic N) is 1. The van der Waals surface area contributed by atoms with Crippen LogP contribution in [0.15, 0.2) is 109 Å². The molecular formula is C34H25NO3. The second kappa shape index (κ2) is 8.22. The largest absolute Gasteiger partial charge is 0.352 e. The summed E-state index contributed by atoms with van der Waals surface area (Å²) < 4.78 is 0. The topological polar surface area (TPSA) is 54.5 Å². The van der Waals surface area contributed by atoms with Gasteiger partial charge in [-0.05, 0) is 29.7 Å². The molecule has 0 N–H and O–H groups in total. The van der Waals surface area contributed by atoms with Crippen LogP contribution in [0.25, 0.3) is 6.08 Å². The summed E-state index contributed by atoms with van der Waals surface area (Å²) in [6, 6.07) is 30.7. The Hall–Kier alpha value is -4.57. The van der Waals surface area contributed by atoms with E-state index >= 15 is 0 Å². The third-order valence-electron chi connectivity index (χ3n) is 8.45. The Morgan fingerprint density at radius 3 is 2.03 bits per heavy atom. The molecule has 7 rings (SSSR count). The molecule has 4 aromatic rings. The second-order valence-corrected chi connectivity index (χ2v) is 10.4. The van der Waals surface area contributed by atoms with Crippen LogP contribution in [0.5, 0.6) is 0 Å². The van der Waals surface area contributed by atoms with Crippen LogP contribution in [0.4, 0.5) is 5.69 Å². The maximum Gasteiger partial charge on any atom is 0.185 e. The fourth-order valence-corrected chi connectivity index (χ4v) is 6.88. The molecule has 1 saturated heterocycles. The lowest BCUT2D eigenvalue weighted by Crippen LogP contribution is -2.48. The predicted octanol–water partition coefficient (Wildman–Crippen LogP) is 6.31. The lowest BCUT2D eigenvalue weighted by molar-refractivity contribution is 0.0666. The predicted molar refractivity (Wildman–Crippen MR) is 148 cm³/mol. The van der Waals surface area contributed by atoms with Crippen molar-refractivity contribution in [1.29, 1.82) is 0 Å². The number of ketones is 3. The summed E-state index contributed by atoms with van der Waals surface area (Å²) in [4.78, 5) is 45.7. The number of carbonyl (C=O) groups is 3. The summed E-state index contributed by atoms with van der Waals surface area (Å²) in [5, 5.41) is 0. The van der Waals surface area contributed by atoms with Gasteiger partial charge in [-0.1, -0.05) is 109 Å². The number of hydrogen-bond donors (Lipinski definition) is 0. The van der Waals surface area contributed by atoms with E-state index in [4.69, 9.17) is 0 Å². The molecule has 0 radical (unpaired) electrons. The zero-order valence-corrected chi connectivity index (χ0v) is 20.9. The van der Waals surface area contributed by atoms with Crippen LogP contribution in [0.2, 0.25) is 0 Å². The van der Waals surface area contributed by atoms with E-state index in [9.17, 15) is 14.4 Å². The van der Waals surface area contributed by atoms with Crippen LogP contribution >= 0.6 is 0 Å². The average Bonchev–Trinajstić information content (AvgIpc) is 3.40. The Balaban J connectivity index is 1.56. The zero-order chi connectivity index (χ0) is 26.0. The summed E-state index contributed by atoms with van der Waals surface area (Å²) in [5.41, 5.74) is 3.69. The van der Waals surface area contributed by atoms with Gasteiger partial charge in [0.25, 0.3) is 0 Å². The summed E-state index contributed by atoms with van der Waals surface area (Å²) in [7, 11) is 0. The molecule has 3 atom stereocenters. The minimum absolute atomic E-state index is 0.0966. The van der Waals surface area contributed by atoms with Crippen LogP contribution in [-0.2, 0) is 0 Å². The molecular weight excluding hydrogens is 470 g/mol. The van der Waals surface area contributed by atoms with E-state index in [1.54, 1.807) is 24.3 Å². The van der Waals surface area contributed by atoms with Gasteiger partial charge >= 0.3 is 0 Å². The molecule has 3 aliphatic rings. The van der Waals surface area contributed by atoms with E-state index in [2.05, 4.69) is 11.0 Å². The maximum absolute atomic E-state index is 14.6. The van der Waals surface area contributed by atoms with Crippen molar-refractivity contribution in [3.05, 3.63) is 143 Å². The summed E-state index contributed by atoms with van der Waals surface area (Å²) in [6.07, 6.45) is 3.96.